The van der Waals surface area contributed by atoms with Gasteiger partial charge in [0.05, 0.1) is 17.4 Å². The highest BCUT2D eigenvalue weighted by atomic mass is 32.1. The molecule has 0 saturated carbocycles. The van der Waals surface area contributed by atoms with Crippen molar-refractivity contribution in [3.63, 3.8) is 0 Å². The molecule has 1 aromatic rings. The fourth-order valence-electron chi connectivity index (χ4n) is 4.01. The minimum atomic E-state index is -0.584. The normalized spacial score (nSPS) is 13.9. The van der Waals surface area contributed by atoms with E-state index >= 15 is 0 Å². The Morgan fingerprint density at radius 3 is 2.05 bits per heavy atom. The summed E-state index contributed by atoms with van der Waals surface area (Å²) in [7, 11) is 0. The summed E-state index contributed by atoms with van der Waals surface area (Å²) in [6, 6.07) is 0. The molecule has 1 aliphatic carbocycles. The predicted molar refractivity (Wildman–Crippen MR) is 149 cm³/mol. The number of esters is 2. The molecule has 1 aliphatic rings. The van der Waals surface area contributed by atoms with Gasteiger partial charge < -0.3 is 30.2 Å². The van der Waals surface area contributed by atoms with E-state index in [1.165, 1.54) is 10.6 Å². The maximum absolute atomic E-state index is 12.0. The fourth-order valence-corrected chi connectivity index (χ4v) is 4.23. The third kappa shape index (κ3) is 11.1. The number of nitro groups is 2. The molecule has 42 heavy (non-hydrogen) atoms. The molecule has 1 unspecified atom stereocenters. The highest BCUT2D eigenvalue weighted by Gasteiger charge is 2.29. The molecule has 0 spiro atoms. The molecule has 0 radical (unpaired) electrons. The summed E-state index contributed by atoms with van der Waals surface area (Å²) in [5, 5.41) is 26.5. The first-order valence-electron chi connectivity index (χ1n) is 13.0. The van der Waals surface area contributed by atoms with E-state index in [2.05, 4.69) is 15.6 Å². The average Bonchev–Trinajstić information content (AvgIpc) is 3.46. The number of nitrogens with zero attached hydrogens (tertiary/aromatic N) is 4. The van der Waals surface area contributed by atoms with Crippen LogP contribution in [0.3, 0.4) is 0 Å². The second-order valence-corrected chi connectivity index (χ2v) is 9.65. The number of ether oxygens (including phenoxy) is 2. The lowest BCUT2D eigenvalue weighted by atomic mass is 9.98. The lowest BCUT2D eigenvalue weighted by molar-refractivity contribution is -0.432. The van der Waals surface area contributed by atoms with Gasteiger partial charge in [-0.15, -0.1) is 0 Å². The molecule has 0 saturated heterocycles. The van der Waals surface area contributed by atoms with Crippen LogP contribution in [0.5, 0.6) is 0 Å². The van der Waals surface area contributed by atoms with Gasteiger partial charge in [0.2, 0.25) is 11.8 Å². The number of allylic oxidation sites excluding steroid dienone is 3. The molecule has 16 nitrogen and oxygen atoms in total. The summed E-state index contributed by atoms with van der Waals surface area (Å²) in [6.45, 7) is 3.33. The van der Waals surface area contributed by atoms with E-state index in [0.29, 0.717) is 5.82 Å². The van der Waals surface area contributed by atoms with E-state index in [1.807, 2.05) is 0 Å². The number of imidazole rings is 1. The molecule has 1 atom stereocenters. The first-order valence-corrected chi connectivity index (χ1v) is 13.4. The van der Waals surface area contributed by atoms with Crippen molar-refractivity contribution in [3.8, 4) is 0 Å². The van der Waals surface area contributed by atoms with Gasteiger partial charge in [-0.2, -0.15) is 0 Å². The lowest BCUT2D eigenvalue weighted by Crippen LogP contribution is -2.42. The molecular weight excluding hydrogens is 576 g/mol. The minimum absolute atomic E-state index is 0.00982. The van der Waals surface area contributed by atoms with Gasteiger partial charge in [-0.3, -0.25) is 29.3 Å². The third-order valence-corrected chi connectivity index (χ3v) is 6.38. The van der Waals surface area contributed by atoms with Crippen molar-refractivity contribution in [2.45, 2.75) is 65.3 Å². The second-order valence-electron chi connectivity index (χ2n) is 9.25. The van der Waals surface area contributed by atoms with Gasteiger partial charge in [0, 0.05) is 38.7 Å². The minimum Gasteiger partial charge on any atom is -0.466 e. The Balaban J connectivity index is 1.53. The van der Waals surface area contributed by atoms with Gasteiger partial charge >= 0.3 is 17.8 Å². The Hall–Kier alpha value is -4.54. The quantitative estimate of drug-likeness (QED) is 0.119. The van der Waals surface area contributed by atoms with E-state index in [0.717, 1.165) is 11.8 Å². The maximum Gasteiger partial charge on any atom is 0.342 e. The number of amides is 2. The summed E-state index contributed by atoms with van der Waals surface area (Å²) in [5.74, 6) is -2.37. The van der Waals surface area contributed by atoms with Crippen LogP contribution in [-0.2, 0) is 35.2 Å². The van der Waals surface area contributed by atoms with Crippen molar-refractivity contribution in [2.75, 3.05) is 13.2 Å². The molecule has 2 amide bonds. The maximum atomic E-state index is 12.0. The standard InChI is InChI=1S/C25H32N6O10S/c1-16-9-10-19(30(36)37)18(16)11-13-40-23(34)7-3-5-20(32)27-25(42)28-21(33)6-4-8-24(35)41-14-12-29-17(2)26-15-22(29)31(38)39/h9-10,15,18H,3-8,11-14H2,1-2H3,(H2,27,28,32,33,42). The van der Waals surface area contributed by atoms with Crippen LogP contribution in [-0.4, -0.2) is 61.5 Å². The highest BCUT2D eigenvalue weighted by molar-refractivity contribution is 7.80. The molecule has 2 rings (SSSR count). The number of carbonyl (C=O) groups is 4. The number of nitrogens with one attached hydrogen (secondary N) is 2. The van der Waals surface area contributed by atoms with Crippen molar-refractivity contribution in [3.05, 3.63) is 55.7 Å². The first-order chi connectivity index (χ1) is 19.9. The Morgan fingerprint density at radius 2 is 1.50 bits per heavy atom. The topological polar surface area (TPSA) is 215 Å². The van der Waals surface area contributed by atoms with Gasteiger partial charge in [0.1, 0.15) is 19.3 Å². The largest absolute Gasteiger partial charge is 0.466 e. The number of hydrogen-bond donors (Lipinski definition) is 2. The average molecular weight is 609 g/mol. The summed E-state index contributed by atoms with van der Waals surface area (Å²) in [6.07, 6.45) is 4.58. The molecule has 2 N–H and O–H groups in total. The van der Waals surface area contributed by atoms with Crippen LogP contribution in [0.1, 0.15) is 57.7 Å². The molecular formula is C25H32N6O10S. The van der Waals surface area contributed by atoms with Crippen LogP contribution < -0.4 is 10.6 Å². The van der Waals surface area contributed by atoms with E-state index in [9.17, 15) is 39.4 Å². The van der Waals surface area contributed by atoms with E-state index in [1.54, 1.807) is 19.9 Å². The van der Waals surface area contributed by atoms with E-state index < -0.39 is 39.5 Å². The van der Waals surface area contributed by atoms with Gasteiger partial charge in [-0.25, -0.2) is 9.55 Å². The van der Waals surface area contributed by atoms with Crippen molar-refractivity contribution in [1.29, 1.82) is 0 Å². The summed E-state index contributed by atoms with van der Waals surface area (Å²) < 4.78 is 11.5. The van der Waals surface area contributed by atoms with Crippen LogP contribution >= 0.6 is 12.2 Å². The predicted octanol–water partition coefficient (Wildman–Crippen LogP) is 2.17. The van der Waals surface area contributed by atoms with Gasteiger partial charge in [-0.05, 0) is 43.3 Å². The van der Waals surface area contributed by atoms with E-state index in [-0.39, 0.29) is 81.3 Å². The monoisotopic (exact) mass is 608 g/mol. The van der Waals surface area contributed by atoms with Crippen molar-refractivity contribution >= 4 is 46.9 Å². The number of hydrogen-bond acceptors (Lipinski definition) is 12. The Kier molecular flexibility index (Phi) is 13.4. The number of aromatic nitrogens is 2. The van der Waals surface area contributed by atoms with Crippen LogP contribution in [0.15, 0.2) is 29.6 Å². The molecule has 0 fully saturated rings. The lowest BCUT2D eigenvalue weighted by Gasteiger charge is -2.12. The molecule has 0 bridgehead atoms. The van der Waals surface area contributed by atoms with Gasteiger partial charge in [0.25, 0.3) is 5.70 Å². The zero-order valence-electron chi connectivity index (χ0n) is 23.2. The SMILES string of the molecule is CC1=CC=C([N+](=O)[O-])C1CCOC(=O)CCCC(=O)NC(=S)NC(=O)CCCC(=O)OCCn1c([N+](=O)[O-])cnc1C. The van der Waals surface area contributed by atoms with Crippen molar-refractivity contribution in [1.82, 2.24) is 20.2 Å². The molecule has 1 heterocycles. The van der Waals surface area contributed by atoms with Crippen LogP contribution in [0.25, 0.3) is 0 Å². The zero-order chi connectivity index (χ0) is 31.2. The third-order valence-electron chi connectivity index (χ3n) is 6.18. The summed E-state index contributed by atoms with van der Waals surface area (Å²) in [5.41, 5.74) is 0.888. The Labute approximate surface area is 245 Å². The second kappa shape index (κ2) is 16.7. The van der Waals surface area contributed by atoms with Crippen LogP contribution in [0.2, 0.25) is 0 Å². The Morgan fingerprint density at radius 1 is 0.929 bits per heavy atom. The summed E-state index contributed by atoms with van der Waals surface area (Å²) >= 11 is 4.93. The number of carbonyl (C=O) groups excluding carboxylic acids is 4. The number of aryl methyl sites for hydroxylation is 1. The first kappa shape index (κ1) is 33.7. The highest BCUT2D eigenvalue weighted by Crippen LogP contribution is 2.29. The summed E-state index contributed by atoms with van der Waals surface area (Å²) in [4.78, 5) is 72.7. The molecule has 0 aromatic carbocycles. The molecule has 1 aromatic heterocycles. The van der Waals surface area contributed by atoms with Crippen LogP contribution in [0.4, 0.5) is 5.82 Å². The smallest absolute Gasteiger partial charge is 0.342 e. The van der Waals surface area contributed by atoms with Crippen molar-refractivity contribution < 1.29 is 38.5 Å². The fraction of sp³-hybridized carbons (Fsp3) is 0.520. The zero-order valence-corrected chi connectivity index (χ0v) is 24.0. The van der Waals surface area contributed by atoms with Crippen LogP contribution in [0, 0.1) is 33.1 Å². The number of thiocarbonyl (C=S) groups is 1. The molecule has 0 aliphatic heterocycles. The van der Waals surface area contributed by atoms with Gasteiger partial charge in [0.15, 0.2) is 10.9 Å². The molecule has 228 valence electrons. The molecule has 17 heteroatoms. The van der Waals surface area contributed by atoms with Gasteiger partial charge in [-0.1, -0.05) is 11.6 Å². The van der Waals surface area contributed by atoms with Crippen molar-refractivity contribution in [2.24, 2.45) is 5.92 Å². The van der Waals surface area contributed by atoms with E-state index in [4.69, 9.17) is 21.7 Å². The Bertz CT molecular complexity index is 1290. The number of rotatable bonds is 16.